The predicted octanol–water partition coefficient (Wildman–Crippen LogP) is 4.30. The van der Waals surface area contributed by atoms with E-state index in [4.69, 9.17) is 9.47 Å². The first-order chi connectivity index (χ1) is 19.2. The Kier molecular flexibility index (Phi) is 5.36. The summed E-state index contributed by atoms with van der Waals surface area (Å²) < 4.78 is 15.3. The number of aryl methyl sites for hydroxylation is 2. The smallest absolute Gasteiger partial charge is 0.338 e. The van der Waals surface area contributed by atoms with Crippen LogP contribution in [0.5, 0.6) is 11.5 Å². The number of carbonyl (C=O) groups excluding carboxylic acids is 1. The van der Waals surface area contributed by atoms with Crippen LogP contribution in [0.1, 0.15) is 76.3 Å². The summed E-state index contributed by atoms with van der Waals surface area (Å²) in [4.78, 5) is 15.9. The fraction of sp³-hybridized carbons (Fsp3) is 0.412. The van der Waals surface area contributed by atoms with Gasteiger partial charge in [0, 0.05) is 59.1 Å². The summed E-state index contributed by atoms with van der Waals surface area (Å²) in [6.07, 6.45) is 8.94. The SMILES string of the molecule is CCOC(=O)c1ccccc1C1=c2cc3c4c(c2Oc2c1cc1c5c2CCCN5CCC1)CCC[N+]=4CCC3. The molecule has 0 saturated carbocycles. The normalized spacial score (nSPS) is 18.4. The van der Waals surface area contributed by atoms with Crippen LogP contribution in [0.4, 0.5) is 5.69 Å². The van der Waals surface area contributed by atoms with Crippen LogP contribution < -0.4 is 24.8 Å². The summed E-state index contributed by atoms with van der Waals surface area (Å²) >= 11 is 0. The van der Waals surface area contributed by atoms with Crippen LogP contribution in [0.2, 0.25) is 0 Å². The second-order valence-corrected chi connectivity index (χ2v) is 11.6. The van der Waals surface area contributed by atoms with E-state index in [2.05, 4.69) is 27.7 Å². The Morgan fingerprint density at radius 1 is 0.897 bits per heavy atom. The molecule has 3 aromatic carbocycles. The highest BCUT2D eigenvalue weighted by Crippen LogP contribution is 2.48. The summed E-state index contributed by atoms with van der Waals surface area (Å²) in [5, 5.41) is 2.56. The van der Waals surface area contributed by atoms with Crippen molar-refractivity contribution in [2.75, 3.05) is 37.7 Å². The summed E-state index contributed by atoms with van der Waals surface area (Å²) in [5.41, 5.74) is 10.9. The van der Waals surface area contributed by atoms with Crippen LogP contribution in [0.15, 0.2) is 36.4 Å². The van der Waals surface area contributed by atoms with Gasteiger partial charge in [-0.2, -0.15) is 0 Å². The lowest BCUT2D eigenvalue weighted by Crippen LogP contribution is -2.45. The van der Waals surface area contributed by atoms with Crippen molar-refractivity contribution in [3.05, 3.63) is 85.9 Å². The molecule has 5 nitrogen and oxygen atoms in total. The molecule has 5 aliphatic rings. The zero-order chi connectivity index (χ0) is 26.1. The van der Waals surface area contributed by atoms with Crippen molar-refractivity contribution < 1.29 is 14.3 Å². The quantitative estimate of drug-likeness (QED) is 0.299. The lowest BCUT2D eigenvalue weighted by molar-refractivity contribution is 0.0526. The van der Waals surface area contributed by atoms with Gasteiger partial charge in [-0.05, 0) is 74.8 Å². The van der Waals surface area contributed by atoms with Gasteiger partial charge in [0.25, 0.3) is 0 Å². The van der Waals surface area contributed by atoms with Crippen molar-refractivity contribution in [2.24, 2.45) is 0 Å². The lowest BCUT2D eigenvalue weighted by Gasteiger charge is -2.39. The minimum atomic E-state index is -0.258. The summed E-state index contributed by atoms with van der Waals surface area (Å²) in [6.45, 7) is 6.76. The molecule has 5 aliphatic heterocycles. The molecule has 5 heterocycles. The molecule has 198 valence electrons. The van der Waals surface area contributed by atoms with Gasteiger partial charge in [-0.1, -0.05) is 18.2 Å². The third kappa shape index (κ3) is 3.44. The second kappa shape index (κ2) is 8.97. The van der Waals surface area contributed by atoms with Crippen molar-refractivity contribution >= 4 is 17.2 Å². The molecular weight excluding hydrogens is 484 g/mol. The van der Waals surface area contributed by atoms with Crippen LogP contribution in [0.3, 0.4) is 0 Å². The van der Waals surface area contributed by atoms with Gasteiger partial charge < -0.3 is 14.4 Å². The van der Waals surface area contributed by atoms with Crippen LogP contribution in [-0.4, -0.2) is 38.8 Å². The van der Waals surface area contributed by atoms with E-state index in [0.29, 0.717) is 12.2 Å². The van der Waals surface area contributed by atoms with Crippen LogP contribution in [0.25, 0.3) is 5.57 Å². The van der Waals surface area contributed by atoms with Gasteiger partial charge in [0.2, 0.25) is 5.36 Å². The molecule has 0 N–H and O–H groups in total. The van der Waals surface area contributed by atoms with Crippen LogP contribution >= 0.6 is 0 Å². The van der Waals surface area contributed by atoms with Crippen molar-refractivity contribution in [1.29, 1.82) is 0 Å². The predicted molar refractivity (Wildman–Crippen MR) is 153 cm³/mol. The minimum Gasteiger partial charge on any atom is -0.462 e. The number of nitrogens with zero attached hydrogens (tertiary/aromatic N) is 2. The summed E-state index contributed by atoms with van der Waals surface area (Å²) in [6, 6.07) is 12.8. The fourth-order valence-corrected chi connectivity index (χ4v) is 7.89. The van der Waals surface area contributed by atoms with Crippen molar-refractivity contribution in [2.45, 2.75) is 58.3 Å². The molecular formula is C34H35N2O3+. The molecule has 0 unspecified atom stereocenters. The molecule has 0 bridgehead atoms. The maximum atomic E-state index is 13.3. The molecule has 0 fully saturated rings. The van der Waals surface area contributed by atoms with E-state index in [1.165, 1.54) is 46.1 Å². The number of fused-ring (bicyclic) bond motifs is 4. The average molecular weight is 520 g/mol. The number of esters is 1. The number of rotatable bonds is 3. The fourth-order valence-electron chi connectivity index (χ4n) is 7.89. The standard InChI is InChI=1S/C34H35N2O3/c1-2-38-34(37)24-12-4-3-11-23(24)29-27-19-21-9-5-15-35-17-7-13-25(30(21)35)32(27)39-33-26-14-8-18-36-16-6-10-22(31(26)36)20-28(29)33/h3-4,11-12,19-20H,2,5-10,13-18H2,1H3/q+1. The molecule has 5 heteroatoms. The Bertz CT molecular complexity index is 1680. The molecule has 0 aliphatic carbocycles. The molecule has 0 radical (unpaired) electrons. The average Bonchev–Trinajstić information content (AvgIpc) is 2.97. The number of hydrogen-bond donors (Lipinski definition) is 0. The van der Waals surface area contributed by atoms with E-state index >= 15 is 0 Å². The highest BCUT2D eigenvalue weighted by molar-refractivity contribution is 6.00. The number of ether oxygens (including phenoxy) is 2. The highest BCUT2D eigenvalue weighted by atomic mass is 16.5. The lowest BCUT2D eigenvalue weighted by atomic mass is 9.82. The maximum absolute atomic E-state index is 13.3. The van der Waals surface area contributed by atoms with Crippen molar-refractivity contribution in [1.82, 2.24) is 4.58 Å². The molecule has 0 atom stereocenters. The zero-order valence-electron chi connectivity index (χ0n) is 22.8. The van der Waals surface area contributed by atoms with Gasteiger partial charge in [-0.25, -0.2) is 9.37 Å². The Balaban J connectivity index is 1.51. The molecule has 0 amide bonds. The number of benzene rings is 3. The van der Waals surface area contributed by atoms with E-state index in [0.717, 1.165) is 98.1 Å². The number of anilines is 1. The first-order valence-electron chi connectivity index (χ1n) is 14.9. The first-order valence-corrected chi connectivity index (χ1v) is 14.9. The van der Waals surface area contributed by atoms with Gasteiger partial charge in [0.15, 0.2) is 0 Å². The molecule has 0 spiro atoms. The third-order valence-corrected chi connectivity index (χ3v) is 9.38. The van der Waals surface area contributed by atoms with E-state index in [9.17, 15) is 4.79 Å². The minimum absolute atomic E-state index is 0.258. The van der Waals surface area contributed by atoms with Crippen molar-refractivity contribution in [3.63, 3.8) is 0 Å². The van der Waals surface area contributed by atoms with Crippen LogP contribution in [0, 0.1) is 0 Å². The second-order valence-electron chi connectivity index (χ2n) is 11.6. The summed E-state index contributed by atoms with van der Waals surface area (Å²) in [7, 11) is 0. The maximum Gasteiger partial charge on any atom is 0.338 e. The molecule has 39 heavy (non-hydrogen) atoms. The molecule has 3 aromatic rings. The Morgan fingerprint density at radius 2 is 1.67 bits per heavy atom. The summed E-state index contributed by atoms with van der Waals surface area (Å²) in [5.74, 6) is 1.78. The Labute approximate surface area is 229 Å². The zero-order valence-corrected chi connectivity index (χ0v) is 22.8. The molecule has 0 aromatic heterocycles. The first kappa shape index (κ1) is 23.3. The van der Waals surface area contributed by atoms with E-state index in [1.54, 1.807) is 0 Å². The van der Waals surface area contributed by atoms with E-state index in [-0.39, 0.29) is 5.97 Å². The Hall–Kier alpha value is -3.60. The topological polar surface area (TPSA) is 41.8 Å². The molecule has 8 rings (SSSR count). The molecule has 0 saturated heterocycles. The third-order valence-electron chi connectivity index (χ3n) is 9.38. The number of carbonyl (C=O) groups is 1. The number of hydrogen-bond acceptors (Lipinski definition) is 4. The van der Waals surface area contributed by atoms with Gasteiger partial charge in [-0.3, -0.25) is 0 Å². The monoisotopic (exact) mass is 519 g/mol. The highest BCUT2D eigenvalue weighted by Gasteiger charge is 2.36. The van der Waals surface area contributed by atoms with Crippen molar-refractivity contribution in [3.8, 4) is 11.5 Å². The van der Waals surface area contributed by atoms with Gasteiger partial charge in [-0.15, -0.1) is 0 Å². The van der Waals surface area contributed by atoms with E-state index < -0.39 is 0 Å². The van der Waals surface area contributed by atoms with Gasteiger partial charge in [0.05, 0.1) is 17.7 Å². The largest absolute Gasteiger partial charge is 0.462 e. The van der Waals surface area contributed by atoms with E-state index in [1.807, 2.05) is 25.1 Å². The van der Waals surface area contributed by atoms with Crippen LogP contribution in [-0.2, 0) is 30.4 Å². The van der Waals surface area contributed by atoms with Gasteiger partial charge >= 0.3 is 5.97 Å². The van der Waals surface area contributed by atoms with Gasteiger partial charge in [0.1, 0.15) is 24.6 Å². The Morgan fingerprint density at radius 3 is 2.54 bits per heavy atom.